The highest BCUT2D eigenvalue weighted by Crippen LogP contribution is 2.21. The van der Waals surface area contributed by atoms with Crippen molar-refractivity contribution in [2.45, 2.75) is 39.2 Å². The molecule has 0 aromatic heterocycles. The molecular formula is C16H20N2O3. The molecule has 2 N–H and O–H groups in total. The zero-order valence-electron chi connectivity index (χ0n) is 12.5. The average Bonchev–Trinajstić information content (AvgIpc) is 2.38. The van der Waals surface area contributed by atoms with Crippen LogP contribution in [0.1, 0.15) is 43.1 Å². The van der Waals surface area contributed by atoms with Crippen LogP contribution < -0.4 is 5.32 Å². The molecule has 0 bridgehead atoms. The van der Waals surface area contributed by atoms with Gasteiger partial charge in [-0.1, -0.05) is 26.0 Å². The van der Waals surface area contributed by atoms with Crippen molar-refractivity contribution < 1.29 is 14.7 Å². The Balaban J connectivity index is 2.95. The van der Waals surface area contributed by atoms with Gasteiger partial charge in [0.15, 0.2) is 0 Å². The SMILES string of the molecule is CC(C)C(C)(CC(=O)O)NC(=O)c1cccc(CC#N)c1. The molecular weight excluding hydrogens is 268 g/mol. The molecule has 0 saturated carbocycles. The summed E-state index contributed by atoms with van der Waals surface area (Å²) in [5, 5.41) is 20.5. The van der Waals surface area contributed by atoms with Crippen LogP contribution in [0.15, 0.2) is 24.3 Å². The van der Waals surface area contributed by atoms with Crippen molar-refractivity contribution in [3.05, 3.63) is 35.4 Å². The second-order valence-corrected chi connectivity index (χ2v) is 5.63. The number of nitrogens with one attached hydrogen (secondary N) is 1. The minimum Gasteiger partial charge on any atom is -0.481 e. The molecule has 112 valence electrons. The standard InChI is InChI=1S/C16H20N2O3/c1-11(2)16(3,10-14(19)20)18-15(21)13-6-4-5-12(9-13)7-8-17/h4-6,9,11H,7,10H2,1-3H3,(H,18,21)(H,19,20). The Morgan fingerprint density at radius 2 is 2.10 bits per heavy atom. The summed E-state index contributed by atoms with van der Waals surface area (Å²) in [4.78, 5) is 23.3. The van der Waals surface area contributed by atoms with Gasteiger partial charge >= 0.3 is 5.97 Å². The third-order valence-electron chi connectivity index (χ3n) is 3.66. The van der Waals surface area contributed by atoms with Crippen LogP contribution >= 0.6 is 0 Å². The van der Waals surface area contributed by atoms with Gasteiger partial charge < -0.3 is 10.4 Å². The monoisotopic (exact) mass is 288 g/mol. The summed E-state index contributed by atoms with van der Waals surface area (Å²) in [6, 6.07) is 8.83. The summed E-state index contributed by atoms with van der Waals surface area (Å²) in [5.41, 5.74) is 0.364. The Bertz CT molecular complexity index is 575. The number of benzene rings is 1. The van der Waals surface area contributed by atoms with Gasteiger partial charge in [0.25, 0.3) is 5.91 Å². The van der Waals surface area contributed by atoms with Crippen LogP contribution in [0.4, 0.5) is 0 Å². The van der Waals surface area contributed by atoms with Gasteiger partial charge in [0.05, 0.1) is 24.4 Å². The number of carboxylic acid groups (broad SMARTS) is 1. The third-order valence-corrected chi connectivity index (χ3v) is 3.66. The fourth-order valence-electron chi connectivity index (χ4n) is 1.95. The van der Waals surface area contributed by atoms with Crippen LogP contribution in [0, 0.1) is 17.2 Å². The van der Waals surface area contributed by atoms with Gasteiger partial charge in [0.1, 0.15) is 0 Å². The lowest BCUT2D eigenvalue weighted by atomic mass is 9.85. The van der Waals surface area contributed by atoms with Crippen LogP contribution in [0.3, 0.4) is 0 Å². The van der Waals surface area contributed by atoms with Gasteiger partial charge in [-0.2, -0.15) is 5.26 Å². The van der Waals surface area contributed by atoms with Gasteiger partial charge in [-0.05, 0) is 30.5 Å². The van der Waals surface area contributed by atoms with Crippen molar-refractivity contribution in [1.29, 1.82) is 5.26 Å². The zero-order valence-corrected chi connectivity index (χ0v) is 12.5. The molecule has 0 aliphatic rings. The van der Waals surface area contributed by atoms with E-state index in [2.05, 4.69) is 5.32 Å². The van der Waals surface area contributed by atoms with Crippen LogP contribution in [-0.2, 0) is 11.2 Å². The highest BCUT2D eigenvalue weighted by molar-refractivity contribution is 5.95. The van der Waals surface area contributed by atoms with E-state index in [1.54, 1.807) is 31.2 Å². The highest BCUT2D eigenvalue weighted by Gasteiger charge is 2.33. The highest BCUT2D eigenvalue weighted by atomic mass is 16.4. The molecule has 1 rings (SSSR count). The Morgan fingerprint density at radius 3 is 2.62 bits per heavy atom. The second-order valence-electron chi connectivity index (χ2n) is 5.63. The molecule has 1 amide bonds. The van der Waals surface area contributed by atoms with Crippen molar-refractivity contribution in [1.82, 2.24) is 5.32 Å². The Labute approximate surface area is 124 Å². The fourth-order valence-corrected chi connectivity index (χ4v) is 1.95. The number of carboxylic acids is 1. The van der Waals surface area contributed by atoms with Gasteiger partial charge in [-0.25, -0.2) is 0 Å². The van der Waals surface area contributed by atoms with Crippen LogP contribution in [0.2, 0.25) is 0 Å². The summed E-state index contributed by atoms with van der Waals surface area (Å²) < 4.78 is 0. The molecule has 0 aliphatic heterocycles. The maximum absolute atomic E-state index is 12.3. The van der Waals surface area contributed by atoms with Gasteiger partial charge in [-0.15, -0.1) is 0 Å². The molecule has 5 nitrogen and oxygen atoms in total. The smallest absolute Gasteiger partial charge is 0.305 e. The summed E-state index contributed by atoms with van der Waals surface area (Å²) in [5.74, 6) is -1.31. The molecule has 0 radical (unpaired) electrons. The van der Waals surface area contributed by atoms with E-state index in [4.69, 9.17) is 10.4 Å². The van der Waals surface area contributed by atoms with E-state index in [9.17, 15) is 9.59 Å². The minimum atomic E-state index is -0.954. The average molecular weight is 288 g/mol. The molecule has 0 fully saturated rings. The molecule has 0 spiro atoms. The number of hydrogen-bond donors (Lipinski definition) is 2. The Kier molecular flexibility index (Phi) is 5.48. The number of hydrogen-bond acceptors (Lipinski definition) is 3. The first-order valence-electron chi connectivity index (χ1n) is 6.78. The maximum Gasteiger partial charge on any atom is 0.305 e. The number of carbonyl (C=O) groups excluding carboxylic acids is 1. The first kappa shape index (κ1) is 16.7. The van der Waals surface area contributed by atoms with Crippen molar-refractivity contribution >= 4 is 11.9 Å². The summed E-state index contributed by atoms with van der Waals surface area (Å²) in [7, 11) is 0. The predicted octanol–water partition coefficient (Wildman–Crippen LogP) is 2.37. The Hall–Kier alpha value is -2.35. The van der Waals surface area contributed by atoms with E-state index in [0.717, 1.165) is 5.56 Å². The van der Waals surface area contributed by atoms with E-state index < -0.39 is 11.5 Å². The van der Waals surface area contributed by atoms with Crippen LogP contribution in [-0.4, -0.2) is 22.5 Å². The normalized spacial score (nSPS) is 13.3. The number of rotatable bonds is 6. The number of nitrogens with zero attached hydrogens (tertiary/aromatic N) is 1. The Morgan fingerprint density at radius 1 is 1.43 bits per heavy atom. The summed E-state index contributed by atoms with van der Waals surface area (Å²) in [6.07, 6.45) is 0.0893. The van der Waals surface area contributed by atoms with E-state index in [1.165, 1.54) is 0 Å². The van der Waals surface area contributed by atoms with E-state index in [0.29, 0.717) is 5.56 Å². The largest absolute Gasteiger partial charge is 0.481 e. The molecule has 0 saturated heterocycles. The molecule has 1 unspecified atom stereocenters. The van der Waals surface area contributed by atoms with Crippen molar-refractivity contribution in [3.63, 3.8) is 0 Å². The molecule has 1 atom stereocenters. The first-order chi connectivity index (χ1) is 9.78. The zero-order chi connectivity index (χ0) is 16.0. The maximum atomic E-state index is 12.3. The van der Waals surface area contributed by atoms with Crippen LogP contribution in [0.5, 0.6) is 0 Å². The fraction of sp³-hybridized carbons (Fsp3) is 0.438. The van der Waals surface area contributed by atoms with Crippen molar-refractivity contribution in [2.75, 3.05) is 0 Å². The quantitative estimate of drug-likeness (QED) is 0.840. The summed E-state index contributed by atoms with van der Waals surface area (Å²) in [6.45, 7) is 5.47. The van der Waals surface area contributed by atoms with Gasteiger partial charge in [0.2, 0.25) is 0 Å². The first-order valence-corrected chi connectivity index (χ1v) is 6.78. The second kappa shape index (κ2) is 6.89. The van der Waals surface area contributed by atoms with Crippen LogP contribution in [0.25, 0.3) is 0 Å². The topological polar surface area (TPSA) is 90.2 Å². The third kappa shape index (κ3) is 4.60. The predicted molar refractivity (Wildman–Crippen MR) is 78.7 cm³/mol. The number of nitriles is 1. The number of amides is 1. The number of carbonyl (C=O) groups is 2. The van der Waals surface area contributed by atoms with E-state index in [1.807, 2.05) is 19.9 Å². The molecule has 1 aromatic rings. The van der Waals surface area contributed by atoms with Gasteiger partial charge in [-0.3, -0.25) is 9.59 Å². The molecule has 21 heavy (non-hydrogen) atoms. The molecule has 0 aliphatic carbocycles. The van der Waals surface area contributed by atoms with E-state index in [-0.39, 0.29) is 24.7 Å². The lowest BCUT2D eigenvalue weighted by Gasteiger charge is -2.33. The molecule has 5 heteroatoms. The lowest BCUT2D eigenvalue weighted by molar-refractivity contribution is -0.138. The molecule has 0 heterocycles. The van der Waals surface area contributed by atoms with Crippen molar-refractivity contribution in [2.24, 2.45) is 5.92 Å². The lowest BCUT2D eigenvalue weighted by Crippen LogP contribution is -2.51. The van der Waals surface area contributed by atoms with Gasteiger partial charge in [0, 0.05) is 5.56 Å². The van der Waals surface area contributed by atoms with Crippen molar-refractivity contribution in [3.8, 4) is 6.07 Å². The van der Waals surface area contributed by atoms with E-state index >= 15 is 0 Å². The minimum absolute atomic E-state index is 0.0279. The molecule has 1 aromatic carbocycles. The summed E-state index contributed by atoms with van der Waals surface area (Å²) >= 11 is 0. The number of aliphatic carboxylic acids is 1.